The lowest BCUT2D eigenvalue weighted by Crippen LogP contribution is -2.54. The van der Waals surface area contributed by atoms with E-state index < -0.39 is 12.1 Å². The maximum Gasteiger partial charge on any atom is 0.332 e. The van der Waals surface area contributed by atoms with Crippen LogP contribution in [0.5, 0.6) is 0 Å². The van der Waals surface area contributed by atoms with Gasteiger partial charge in [0.15, 0.2) is 0 Å². The molecule has 0 aromatic heterocycles. The van der Waals surface area contributed by atoms with E-state index in [4.69, 9.17) is 0 Å². The summed E-state index contributed by atoms with van der Waals surface area (Å²) in [5, 5.41) is 2.51. The molecule has 4 amide bonds. The van der Waals surface area contributed by atoms with Crippen molar-refractivity contribution in [3.63, 3.8) is 0 Å². The number of hydrogen-bond donors (Lipinski definition) is 1. The first-order chi connectivity index (χ1) is 10.6. The molecule has 0 spiro atoms. The Labute approximate surface area is 133 Å². The molecule has 1 aromatic rings. The molecule has 1 fully saturated rings. The van der Waals surface area contributed by atoms with Crippen LogP contribution < -0.4 is 10.2 Å². The summed E-state index contributed by atoms with van der Waals surface area (Å²) in [6.07, 6.45) is 0.628. The summed E-state index contributed by atoms with van der Waals surface area (Å²) in [7, 11) is 0. The number of carbonyl (C=O) groups excluding carboxylic acids is 3. The van der Waals surface area contributed by atoms with E-state index in [1.54, 1.807) is 47.9 Å². The van der Waals surface area contributed by atoms with Gasteiger partial charge in [-0.1, -0.05) is 18.2 Å². The normalized spacial score (nSPS) is 15.8. The summed E-state index contributed by atoms with van der Waals surface area (Å²) < 4.78 is 0. The molecule has 7 heteroatoms. The topological polar surface area (TPSA) is 69.7 Å². The fourth-order valence-corrected chi connectivity index (χ4v) is 2.98. The van der Waals surface area contributed by atoms with Crippen molar-refractivity contribution in [2.45, 2.75) is 13.0 Å². The SMILES string of the molecule is C[C@@H](C=O)NC(=O)N(C(=O)N1CCSCC1)c1ccccc1. The Morgan fingerprint density at radius 2 is 1.91 bits per heavy atom. The van der Waals surface area contributed by atoms with E-state index in [1.807, 2.05) is 6.07 Å². The Bertz CT molecular complexity index is 532. The second-order valence-corrected chi connectivity index (χ2v) is 6.15. The van der Waals surface area contributed by atoms with E-state index in [0.29, 0.717) is 25.1 Å². The Morgan fingerprint density at radius 1 is 1.27 bits per heavy atom. The maximum atomic E-state index is 12.7. The second-order valence-electron chi connectivity index (χ2n) is 4.93. The zero-order valence-corrected chi connectivity index (χ0v) is 13.2. The average molecular weight is 321 g/mol. The zero-order chi connectivity index (χ0) is 15.9. The summed E-state index contributed by atoms with van der Waals surface area (Å²) in [6.45, 7) is 2.79. The second kappa shape index (κ2) is 7.84. The van der Waals surface area contributed by atoms with Crippen LogP contribution in [-0.4, -0.2) is 53.9 Å². The first-order valence-corrected chi connectivity index (χ1v) is 8.26. The van der Waals surface area contributed by atoms with Crippen LogP contribution in [0, 0.1) is 0 Å². The van der Waals surface area contributed by atoms with Gasteiger partial charge in [-0.25, -0.2) is 14.5 Å². The van der Waals surface area contributed by atoms with Crippen molar-refractivity contribution in [3.8, 4) is 0 Å². The van der Waals surface area contributed by atoms with Crippen LogP contribution in [0.3, 0.4) is 0 Å². The fraction of sp³-hybridized carbons (Fsp3) is 0.400. The highest BCUT2D eigenvalue weighted by Crippen LogP contribution is 2.18. The minimum absolute atomic E-state index is 0.359. The minimum Gasteiger partial charge on any atom is -0.328 e. The highest BCUT2D eigenvalue weighted by molar-refractivity contribution is 7.99. The molecular formula is C15H19N3O3S. The molecule has 1 atom stereocenters. The summed E-state index contributed by atoms with van der Waals surface area (Å²) in [5.74, 6) is 1.72. The zero-order valence-electron chi connectivity index (χ0n) is 12.4. The number of imide groups is 1. The molecule has 1 saturated heterocycles. The summed E-state index contributed by atoms with van der Waals surface area (Å²) in [4.78, 5) is 38.6. The first kappa shape index (κ1) is 16.4. The van der Waals surface area contributed by atoms with E-state index in [-0.39, 0.29) is 6.03 Å². The van der Waals surface area contributed by atoms with Crippen LogP contribution in [0.4, 0.5) is 15.3 Å². The third-order valence-corrected chi connectivity index (χ3v) is 4.19. The largest absolute Gasteiger partial charge is 0.332 e. The average Bonchev–Trinajstić information content (AvgIpc) is 2.56. The molecule has 1 aliphatic rings. The molecule has 118 valence electrons. The molecule has 2 rings (SSSR count). The molecule has 1 aromatic carbocycles. The van der Waals surface area contributed by atoms with E-state index in [2.05, 4.69) is 5.32 Å². The lowest BCUT2D eigenvalue weighted by Gasteiger charge is -2.32. The van der Waals surface area contributed by atoms with E-state index >= 15 is 0 Å². The predicted molar refractivity (Wildman–Crippen MR) is 87.3 cm³/mol. The third kappa shape index (κ3) is 4.00. The molecule has 0 aliphatic carbocycles. The van der Waals surface area contributed by atoms with Crippen molar-refractivity contribution in [1.82, 2.24) is 10.2 Å². The molecule has 0 saturated carbocycles. The van der Waals surface area contributed by atoms with Crippen LogP contribution in [0.15, 0.2) is 30.3 Å². The third-order valence-electron chi connectivity index (χ3n) is 3.25. The Balaban J connectivity index is 2.22. The van der Waals surface area contributed by atoms with Gasteiger partial charge in [0, 0.05) is 24.6 Å². The molecule has 0 unspecified atom stereocenters. The number of aldehydes is 1. The van der Waals surface area contributed by atoms with Gasteiger partial charge in [-0.05, 0) is 19.1 Å². The number of anilines is 1. The number of rotatable bonds is 3. The van der Waals surface area contributed by atoms with Gasteiger partial charge in [-0.3, -0.25) is 0 Å². The van der Waals surface area contributed by atoms with E-state index in [9.17, 15) is 14.4 Å². The summed E-state index contributed by atoms with van der Waals surface area (Å²) >= 11 is 1.79. The first-order valence-electron chi connectivity index (χ1n) is 7.11. The van der Waals surface area contributed by atoms with Crippen LogP contribution >= 0.6 is 11.8 Å². The maximum absolute atomic E-state index is 12.7. The Hall–Kier alpha value is -2.02. The number of amides is 4. The molecular weight excluding hydrogens is 302 g/mol. The summed E-state index contributed by atoms with van der Waals surface area (Å²) in [6, 6.07) is 7.13. The monoisotopic (exact) mass is 321 g/mol. The minimum atomic E-state index is -0.650. The van der Waals surface area contributed by atoms with Gasteiger partial charge in [-0.15, -0.1) is 0 Å². The number of nitrogens with zero attached hydrogens (tertiary/aromatic N) is 2. The lowest BCUT2D eigenvalue weighted by atomic mass is 10.3. The standard InChI is InChI=1S/C15H19N3O3S/c1-12(11-19)16-14(20)18(13-5-3-2-4-6-13)15(21)17-7-9-22-10-8-17/h2-6,11-12H,7-10H2,1H3,(H,16,20)/t12-/m0/s1. The molecule has 1 aliphatic heterocycles. The number of carbonyl (C=O) groups is 3. The number of thioether (sulfide) groups is 1. The molecule has 1 heterocycles. The van der Waals surface area contributed by atoms with Gasteiger partial charge >= 0.3 is 12.1 Å². The van der Waals surface area contributed by atoms with Gasteiger partial charge in [0.2, 0.25) is 0 Å². The van der Waals surface area contributed by atoms with Crippen molar-refractivity contribution < 1.29 is 14.4 Å². The quantitative estimate of drug-likeness (QED) is 0.864. The smallest absolute Gasteiger partial charge is 0.328 e. The number of benzene rings is 1. The number of urea groups is 2. The molecule has 0 radical (unpaired) electrons. The molecule has 22 heavy (non-hydrogen) atoms. The van der Waals surface area contributed by atoms with Crippen molar-refractivity contribution in [3.05, 3.63) is 30.3 Å². The Morgan fingerprint density at radius 3 is 2.50 bits per heavy atom. The fourth-order valence-electron chi connectivity index (χ4n) is 2.08. The number of hydrogen-bond acceptors (Lipinski definition) is 4. The summed E-state index contributed by atoms with van der Waals surface area (Å²) in [5.41, 5.74) is 0.487. The molecule has 6 nitrogen and oxygen atoms in total. The lowest BCUT2D eigenvalue weighted by molar-refractivity contribution is -0.109. The Kier molecular flexibility index (Phi) is 5.83. The number of nitrogens with one attached hydrogen (secondary N) is 1. The molecule has 1 N–H and O–H groups in total. The van der Waals surface area contributed by atoms with Gasteiger partial charge in [0.25, 0.3) is 0 Å². The van der Waals surface area contributed by atoms with Crippen molar-refractivity contribution in [2.24, 2.45) is 0 Å². The van der Waals surface area contributed by atoms with Gasteiger partial charge in [0.1, 0.15) is 6.29 Å². The van der Waals surface area contributed by atoms with Crippen LogP contribution in [0.1, 0.15) is 6.92 Å². The number of para-hydroxylation sites is 1. The van der Waals surface area contributed by atoms with Crippen molar-refractivity contribution in [2.75, 3.05) is 29.5 Å². The highest BCUT2D eigenvalue weighted by atomic mass is 32.2. The van der Waals surface area contributed by atoms with Crippen molar-refractivity contribution in [1.29, 1.82) is 0 Å². The van der Waals surface area contributed by atoms with E-state index in [1.165, 1.54) is 0 Å². The van der Waals surface area contributed by atoms with E-state index in [0.717, 1.165) is 16.4 Å². The van der Waals surface area contributed by atoms with Crippen LogP contribution in [0.2, 0.25) is 0 Å². The highest BCUT2D eigenvalue weighted by Gasteiger charge is 2.29. The van der Waals surface area contributed by atoms with Crippen molar-refractivity contribution >= 4 is 35.8 Å². The van der Waals surface area contributed by atoms with Gasteiger partial charge in [-0.2, -0.15) is 11.8 Å². The molecule has 0 bridgehead atoms. The van der Waals surface area contributed by atoms with Crippen LogP contribution in [0.25, 0.3) is 0 Å². The van der Waals surface area contributed by atoms with Gasteiger partial charge < -0.3 is 15.0 Å². The predicted octanol–water partition coefficient (Wildman–Crippen LogP) is 1.96. The van der Waals surface area contributed by atoms with Gasteiger partial charge in [0.05, 0.1) is 11.7 Å². The van der Waals surface area contributed by atoms with Crippen LogP contribution in [-0.2, 0) is 4.79 Å².